The van der Waals surface area contributed by atoms with Crippen LogP contribution in [0.1, 0.15) is 5.82 Å². The molecule has 0 saturated carbocycles. The fraction of sp³-hybridized carbons (Fsp3) is 0.111. The molecular weight excluding hydrogens is 356 g/mol. The van der Waals surface area contributed by atoms with Gasteiger partial charge in [-0.2, -0.15) is 4.98 Å². The van der Waals surface area contributed by atoms with Crippen molar-refractivity contribution in [2.24, 2.45) is 0 Å². The average Bonchev–Trinajstić information content (AvgIpc) is 2.73. The molecule has 1 aromatic heterocycles. The van der Waals surface area contributed by atoms with Crippen LogP contribution in [0.5, 0.6) is 0 Å². The van der Waals surface area contributed by atoms with Crippen LogP contribution in [0.3, 0.4) is 0 Å². The number of aromatic nitrogens is 2. The Morgan fingerprint density at radius 2 is 2.15 bits per heavy atom. The minimum absolute atomic E-state index is 0.228. The maximum absolute atomic E-state index is 12.1. The third-order valence-corrected chi connectivity index (χ3v) is 4.00. The van der Waals surface area contributed by atoms with E-state index in [4.69, 9.17) is 0 Å². The topological polar surface area (TPSA) is 128 Å². The van der Waals surface area contributed by atoms with Gasteiger partial charge in [-0.1, -0.05) is 21.1 Å². The molecule has 0 spiro atoms. The van der Waals surface area contributed by atoms with Gasteiger partial charge in [-0.25, -0.2) is 13.1 Å². The van der Waals surface area contributed by atoms with Crippen LogP contribution in [0.15, 0.2) is 32.1 Å². The van der Waals surface area contributed by atoms with Crippen LogP contribution in [-0.2, 0) is 10.0 Å². The Kier molecular flexibility index (Phi) is 3.72. The van der Waals surface area contributed by atoms with Crippen molar-refractivity contribution in [3.8, 4) is 0 Å². The number of benzene rings is 1. The Bertz CT molecular complexity index is 772. The Balaban J connectivity index is 2.48. The highest BCUT2D eigenvalue weighted by Crippen LogP contribution is 2.28. The van der Waals surface area contributed by atoms with Gasteiger partial charge in [0, 0.05) is 10.5 Å². The number of nitro benzene ring substituents is 1. The smallest absolute Gasteiger partial charge is 0.314 e. The number of nitrogens with zero attached hydrogens (tertiary/aromatic N) is 3. The molecule has 0 unspecified atom stereocenters. The predicted octanol–water partition coefficient (Wildman–Crippen LogP) is 1.85. The molecule has 2 aromatic rings. The Morgan fingerprint density at radius 1 is 1.45 bits per heavy atom. The zero-order valence-corrected chi connectivity index (χ0v) is 12.3. The van der Waals surface area contributed by atoms with Crippen molar-refractivity contribution in [2.45, 2.75) is 11.8 Å². The fourth-order valence-electron chi connectivity index (χ4n) is 1.36. The summed E-state index contributed by atoms with van der Waals surface area (Å²) < 4.78 is 31.2. The number of sulfonamides is 1. The summed E-state index contributed by atoms with van der Waals surface area (Å²) in [6, 6.07) is 3.20. The van der Waals surface area contributed by atoms with Crippen molar-refractivity contribution in [1.29, 1.82) is 0 Å². The fourth-order valence-corrected chi connectivity index (χ4v) is 3.00. The Hall–Kier alpha value is -2.01. The lowest BCUT2D eigenvalue weighted by Gasteiger charge is -2.05. The van der Waals surface area contributed by atoms with Crippen LogP contribution in [0.2, 0.25) is 0 Å². The van der Waals surface area contributed by atoms with Crippen molar-refractivity contribution in [2.75, 3.05) is 4.72 Å². The molecule has 1 aromatic carbocycles. The van der Waals surface area contributed by atoms with Crippen molar-refractivity contribution in [3.05, 3.63) is 38.6 Å². The van der Waals surface area contributed by atoms with Crippen LogP contribution >= 0.6 is 15.9 Å². The molecule has 0 aliphatic rings. The first-order chi connectivity index (χ1) is 9.29. The number of nitrogens with one attached hydrogen (secondary N) is 1. The summed E-state index contributed by atoms with van der Waals surface area (Å²) in [4.78, 5) is 13.3. The minimum Gasteiger partial charge on any atom is -0.314 e. The molecule has 20 heavy (non-hydrogen) atoms. The molecule has 106 valence electrons. The standard InChI is InChI=1S/C9H7BrN4O5S/c1-5-11-9(19-12-5)13-20(17,18)8-4-6(10)2-3-7(8)14(15)16/h2-4H,1H3,(H,11,12,13). The Morgan fingerprint density at radius 3 is 2.70 bits per heavy atom. The number of hydrogen-bond acceptors (Lipinski definition) is 7. The third kappa shape index (κ3) is 2.93. The first-order valence-corrected chi connectivity index (χ1v) is 7.34. The predicted molar refractivity (Wildman–Crippen MR) is 70.6 cm³/mol. The molecule has 1 N–H and O–H groups in total. The van der Waals surface area contributed by atoms with Gasteiger partial charge in [0.1, 0.15) is 0 Å². The molecule has 0 amide bonds. The lowest BCUT2D eigenvalue weighted by Crippen LogP contribution is -2.15. The molecule has 0 fully saturated rings. The van der Waals surface area contributed by atoms with Gasteiger partial charge < -0.3 is 4.52 Å². The van der Waals surface area contributed by atoms with E-state index in [2.05, 4.69) is 30.6 Å². The van der Waals surface area contributed by atoms with Crippen LogP contribution in [0, 0.1) is 17.0 Å². The molecule has 0 atom stereocenters. The average molecular weight is 363 g/mol. The van der Waals surface area contributed by atoms with Gasteiger partial charge >= 0.3 is 6.01 Å². The Labute approximate surface area is 121 Å². The van der Waals surface area contributed by atoms with Gasteiger partial charge in [0.2, 0.25) is 0 Å². The van der Waals surface area contributed by atoms with E-state index in [-0.39, 0.29) is 11.8 Å². The summed E-state index contributed by atoms with van der Waals surface area (Å²) in [5.74, 6) is 0.228. The number of anilines is 1. The molecule has 1 heterocycles. The molecule has 0 aliphatic carbocycles. The highest BCUT2D eigenvalue weighted by molar-refractivity contribution is 9.10. The summed E-state index contributed by atoms with van der Waals surface area (Å²) in [7, 11) is -4.22. The molecule has 2 rings (SSSR count). The summed E-state index contributed by atoms with van der Waals surface area (Å²) in [5.41, 5.74) is -0.558. The largest absolute Gasteiger partial charge is 0.335 e. The van der Waals surface area contributed by atoms with Gasteiger partial charge in [0.05, 0.1) is 4.92 Å². The lowest BCUT2D eigenvalue weighted by molar-refractivity contribution is -0.387. The van der Waals surface area contributed by atoms with Gasteiger partial charge in [-0.3, -0.25) is 10.1 Å². The normalized spacial score (nSPS) is 11.3. The minimum atomic E-state index is -4.22. The van der Waals surface area contributed by atoms with E-state index >= 15 is 0 Å². The van der Waals surface area contributed by atoms with E-state index in [0.29, 0.717) is 4.47 Å². The zero-order chi connectivity index (χ0) is 14.9. The second kappa shape index (κ2) is 5.17. The van der Waals surface area contributed by atoms with Gasteiger partial charge in [0.25, 0.3) is 15.7 Å². The van der Waals surface area contributed by atoms with E-state index in [1.165, 1.54) is 13.0 Å². The van der Waals surface area contributed by atoms with E-state index in [1.54, 1.807) is 0 Å². The zero-order valence-electron chi connectivity index (χ0n) is 9.90. The molecule has 0 radical (unpaired) electrons. The van der Waals surface area contributed by atoms with Crippen LogP contribution in [0.4, 0.5) is 11.7 Å². The maximum Gasteiger partial charge on any atom is 0.335 e. The van der Waals surface area contributed by atoms with Gasteiger partial charge in [-0.15, -0.1) is 0 Å². The van der Waals surface area contributed by atoms with Crippen LogP contribution < -0.4 is 4.72 Å². The number of hydrogen-bond donors (Lipinski definition) is 1. The van der Waals surface area contributed by atoms with E-state index in [9.17, 15) is 18.5 Å². The molecular formula is C9H7BrN4O5S. The molecule has 0 aliphatic heterocycles. The second-order valence-corrected chi connectivity index (χ2v) is 6.19. The van der Waals surface area contributed by atoms with Crippen LogP contribution in [-0.4, -0.2) is 23.5 Å². The van der Waals surface area contributed by atoms with Crippen molar-refractivity contribution in [1.82, 2.24) is 10.1 Å². The summed E-state index contributed by atoms with van der Waals surface area (Å²) >= 11 is 3.06. The first-order valence-electron chi connectivity index (χ1n) is 5.06. The van der Waals surface area contributed by atoms with Crippen LogP contribution in [0.25, 0.3) is 0 Å². The lowest BCUT2D eigenvalue weighted by atomic mass is 10.3. The molecule has 11 heteroatoms. The monoisotopic (exact) mass is 362 g/mol. The first kappa shape index (κ1) is 14.4. The van der Waals surface area contributed by atoms with Crippen molar-refractivity contribution < 1.29 is 17.9 Å². The van der Waals surface area contributed by atoms with E-state index < -0.39 is 25.5 Å². The molecule has 0 bridgehead atoms. The van der Waals surface area contributed by atoms with E-state index in [1.807, 2.05) is 4.72 Å². The van der Waals surface area contributed by atoms with Gasteiger partial charge in [-0.05, 0) is 19.1 Å². The van der Waals surface area contributed by atoms with Crippen molar-refractivity contribution >= 4 is 37.7 Å². The van der Waals surface area contributed by atoms with E-state index in [0.717, 1.165) is 12.1 Å². The number of aryl methyl sites for hydroxylation is 1. The number of rotatable bonds is 4. The SMILES string of the molecule is Cc1noc(NS(=O)(=O)c2cc(Br)ccc2[N+](=O)[O-])n1. The second-order valence-electron chi connectivity index (χ2n) is 3.62. The molecule has 9 nitrogen and oxygen atoms in total. The molecule has 0 saturated heterocycles. The number of nitro groups is 1. The third-order valence-electron chi connectivity index (χ3n) is 2.16. The highest BCUT2D eigenvalue weighted by atomic mass is 79.9. The quantitative estimate of drug-likeness (QED) is 0.648. The highest BCUT2D eigenvalue weighted by Gasteiger charge is 2.27. The van der Waals surface area contributed by atoms with Crippen molar-refractivity contribution in [3.63, 3.8) is 0 Å². The summed E-state index contributed by atoms with van der Waals surface area (Å²) in [5, 5.41) is 14.3. The van der Waals surface area contributed by atoms with Gasteiger partial charge in [0.15, 0.2) is 10.7 Å². The summed E-state index contributed by atoms with van der Waals surface area (Å²) in [6.07, 6.45) is 0. The number of halogens is 1. The summed E-state index contributed by atoms with van der Waals surface area (Å²) in [6.45, 7) is 1.50. The maximum atomic E-state index is 12.1.